The smallest absolute Gasteiger partial charge is 0.407 e. The van der Waals surface area contributed by atoms with Crippen LogP contribution in [0.1, 0.15) is 60.3 Å². The number of hydrogen-bond acceptors (Lipinski definition) is 2. The fourth-order valence-corrected chi connectivity index (χ4v) is 5.59. The lowest BCUT2D eigenvalue weighted by molar-refractivity contribution is -0.0488. The second kappa shape index (κ2) is 7.94. The molecule has 1 aliphatic heterocycles. The van der Waals surface area contributed by atoms with Crippen LogP contribution < -0.4 is 0 Å². The number of piperazine rings is 1. The molecule has 24 heavy (non-hydrogen) atoms. The molecule has 0 aromatic heterocycles. The van der Waals surface area contributed by atoms with Crippen LogP contribution in [-0.4, -0.2) is 57.5 Å². The molecule has 0 aromatic carbocycles. The Morgan fingerprint density at radius 2 is 1.67 bits per heavy atom. The molecule has 2 fully saturated rings. The zero-order chi connectivity index (χ0) is 18.1. The van der Waals surface area contributed by atoms with E-state index in [1.807, 2.05) is 0 Å². The second-order valence-corrected chi connectivity index (χ2v) is 9.72. The summed E-state index contributed by atoms with van der Waals surface area (Å²) < 4.78 is 0. The average molecular weight is 403 g/mol. The molecule has 1 saturated heterocycles. The maximum atomic E-state index is 11.8. The van der Waals surface area contributed by atoms with E-state index in [-0.39, 0.29) is 17.5 Å². The van der Waals surface area contributed by atoms with Gasteiger partial charge in [-0.25, -0.2) is 4.79 Å². The summed E-state index contributed by atoms with van der Waals surface area (Å²) >= 11 is 3.63. The van der Waals surface area contributed by atoms with E-state index in [0.717, 1.165) is 23.7 Å². The van der Waals surface area contributed by atoms with Crippen molar-refractivity contribution in [3.8, 4) is 0 Å². The number of hydrogen-bond donors (Lipinski definition) is 1. The Bertz CT molecular complexity index is 430. The van der Waals surface area contributed by atoms with Crippen molar-refractivity contribution in [1.82, 2.24) is 9.80 Å². The molecule has 4 nitrogen and oxygen atoms in total. The van der Waals surface area contributed by atoms with Crippen LogP contribution in [0.4, 0.5) is 4.79 Å². The summed E-state index contributed by atoms with van der Waals surface area (Å²) in [5, 5.41) is 10.8. The van der Waals surface area contributed by atoms with Crippen molar-refractivity contribution in [3.05, 3.63) is 0 Å². The minimum Gasteiger partial charge on any atom is -0.465 e. The predicted molar refractivity (Wildman–Crippen MR) is 103 cm³/mol. The zero-order valence-electron chi connectivity index (χ0n) is 16.0. The first-order valence-corrected chi connectivity index (χ1v) is 10.6. The monoisotopic (exact) mass is 402 g/mol. The standard InChI is InChI=1S/C19H35BrN2O2/c1-13-11-22(18(23)24)17(19(3,4)5)14(2)21(13)12-16-8-6-15(10-20)7-9-16/h13-17H,6-12H2,1-5H3,(H,23,24)/t13-,14+,15?,16?,17?/m1/s1. The highest BCUT2D eigenvalue weighted by Gasteiger charge is 2.45. The SMILES string of the molecule is C[C@@H]1CN(C(=O)O)C(C(C)(C)C)[C@H](C)N1CC1CCC(CBr)CC1. The van der Waals surface area contributed by atoms with Crippen molar-refractivity contribution in [2.75, 3.05) is 18.4 Å². The Morgan fingerprint density at radius 1 is 1.12 bits per heavy atom. The van der Waals surface area contributed by atoms with Gasteiger partial charge < -0.3 is 10.0 Å². The first-order valence-electron chi connectivity index (χ1n) is 9.46. The van der Waals surface area contributed by atoms with E-state index in [1.165, 1.54) is 25.7 Å². The summed E-state index contributed by atoms with van der Waals surface area (Å²) in [6, 6.07) is 0.604. The van der Waals surface area contributed by atoms with Crippen molar-refractivity contribution in [1.29, 1.82) is 0 Å². The molecular formula is C19H35BrN2O2. The molecule has 2 aliphatic rings. The van der Waals surface area contributed by atoms with E-state index in [4.69, 9.17) is 0 Å². The summed E-state index contributed by atoms with van der Waals surface area (Å²) in [7, 11) is 0. The molecule has 1 N–H and O–H groups in total. The number of amides is 1. The highest BCUT2D eigenvalue weighted by atomic mass is 79.9. The van der Waals surface area contributed by atoms with E-state index in [2.05, 4.69) is 55.4 Å². The Kier molecular flexibility index (Phi) is 6.63. The second-order valence-electron chi connectivity index (χ2n) is 9.07. The number of carbonyl (C=O) groups is 1. The molecular weight excluding hydrogens is 368 g/mol. The summed E-state index contributed by atoms with van der Waals surface area (Å²) in [4.78, 5) is 16.1. The number of carboxylic acid groups (broad SMARTS) is 1. The fourth-order valence-electron chi connectivity index (χ4n) is 4.95. The van der Waals surface area contributed by atoms with Crippen LogP contribution in [0.2, 0.25) is 0 Å². The molecule has 0 bridgehead atoms. The van der Waals surface area contributed by atoms with Crippen LogP contribution in [0.25, 0.3) is 0 Å². The summed E-state index contributed by atoms with van der Waals surface area (Å²) in [6.45, 7) is 12.7. The third-order valence-electron chi connectivity index (χ3n) is 6.13. The van der Waals surface area contributed by atoms with E-state index in [9.17, 15) is 9.90 Å². The topological polar surface area (TPSA) is 43.8 Å². The van der Waals surface area contributed by atoms with Crippen molar-refractivity contribution < 1.29 is 9.90 Å². The molecule has 5 heteroatoms. The van der Waals surface area contributed by atoms with Gasteiger partial charge >= 0.3 is 6.09 Å². The van der Waals surface area contributed by atoms with Gasteiger partial charge in [0.05, 0.1) is 6.04 Å². The van der Waals surface area contributed by atoms with Crippen LogP contribution in [-0.2, 0) is 0 Å². The van der Waals surface area contributed by atoms with E-state index < -0.39 is 6.09 Å². The molecule has 0 spiro atoms. The number of nitrogens with zero attached hydrogens (tertiary/aromatic N) is 2. The molecule has 1 amide bonds. The van der Waals surface area contributed by atoms with Crippen LogP contribution in [0.3, 0.4) is 0 Å². The molecule has 140 valence electrons. The molecule has 0 aromatic rings. The Labute approximate surface area is 156 Å². The largest absolute Gasteiger partial charge is 0.465 e. The van der Waals surface area contributed by atoms with Crippen LogP contribution >= 0.6 is 15.9 Å². The third-order valence-corrected chi connectivity index (χ3v) is 7.05. The van der Waals surface area contributed by atoms with Gasteiger partial charge in [0, 0.05) is 30.5 Å². The maximum Gasteiger partial charge on any atom is 0.407 e. The van der Waals surface area contributed by atoms with Crippen molar-refractivity contribution in [2.24, 2.45) is 17.3 Å². The van der Waals surface area contributed by atoms with Gasteiger partial charge in [0.2, 0.25) is 0 Å². The molecule has 2 rings (SSSR count). The lowest BCUT2D eigenvalue weighted by atomic mass is 9.77. The summed E-state index contributed by atoms with van der Waals surface area (Å²) in [6.07, 6.45) is 4.52. The van der Waals surface area contributed by atoms with Gasteiger partial charge in [-0.2, -0.15) is 0 Å². The van der Waals surface area contributed by atoms with E-state index >= 15 is 0 Å². The van der Waals surface area contributed by atoms with E-state index in [0.29, 0.717) is 12.6 Å². The number of rotatable bonds is 3. The number of alkyl halides is 1. The molecule has 1 heterocycles. The molecule has 0 radical (unpaired) electrons. The summed E-state index contributed by atoms with van der Waals surface area (Å²) in [5.74, 6) is 1.62. The Hall–Kier alpha value is -0.290. The van der Waals surface area contributed by atoms with Gasteiger partial charge in [0.25, 0.3) is 0 Å². The van der Waals surface area contributed by atoms with Gasteiger partial charge in [0.15, 0.2) is 0 Å². The van der Waals surface area contributed by atoms with Gasteiger partial charge in [0.1, 0.15) is 0 Å². The minimum absolute atomic E-state index is 0.0464. The first-order chi connectivity index (χ1) is 11.1. The molecule has 1 aliphatic carbocycles. The average Bonchev–Trinajstić information content (AvgIpc) is 2.49. The normalized spacial score (nSPS) is 35.9. The minimum atomic E-state index is -0.772. The lowest BCUT2D eigenvalue weighted by Crippen LogP contribution is -2.67. The van der Waals surface area contributed by atoms with E-state index in [1.54, 1.807) is 4.90 Å². The van der Waals surface area contributed by atoms with Crippen LogP contribution in [0.5, 0.6) is 0 Å². The molecule has 1 unspecified atom stereocenters. The highest BCUT2D eigenvalue weighted by Crippen LogP contribution is 2.36. The predicted octanol–water partition coefficient (Wildman–Crippen LogP) is 4.68. The van der Waals surface area contributed by atoms with Crippen molar-refractivity contribution in [3.63, 3.8) is 0 Å². The molecule has 3 atom stereocenters. The fraction of sp³-hybridized carbons (Fsp3) is 0.947. The van der Waals surface area contributed by atoms with Crippen LogP contribution in [0.15, 0.2) is 0 Å². The molecule has 1 saturated carbocycles. The Balaban J connectivity index is 2.08. The van der Waals surface area contributed by atoms with Gasteiger partial charge in [-0.15, -0.1) is 0 Å². The lowest BCUT2D eigenvalue weighted by Gasteiger charge is -2.54. The van der Waals surface area contributed by atoms with Gasteiger partial charge in [-0.1, -0.05) is 36.7 Å². The first kappa shape index (κ1) is 20.0. The summed E-state index contributed by atoms with van der Waals surface area (Å²) in [5.41, 5.74) is -0.0518. The van der Waals surface area contributed by atoms with Crippen molar-refractivity contribution >= 4 is 22.0 Å². The van der Waals surface area contributed by atoms with Crippen molar-refractivity contribution in [2.45, 2.75) is 78.4 Å². The third kappa shape index (κ3) is 4.46. The van der Waals surface area contributed by atoms with Gasteiger partial charge in [-0.05, 0) is 56.8 Å². The zero-order valence-corrected chi connectivity index (χ0v) is 17.6. The highest BCUT2D eigenvalue weighted by molar-refractivity contribution is 9.09. The number of halogens is 1. The van der Waals surface area contributed by atoms with Gasteiger partial charge in [-0.3, -0.25) is 4.90 Å². The van der Waals surface area contributed by atoms with Crippen LogP contribution in [0, 0.1) is 17.3 Å². The Morgan fingerprint density at radius 3 is 2.12 bits per heavy atom. The quantitative estimate of drug-likeness (QED) is 0.697. The maximum absolute atomic E-state index is 11.8.